The molecule has 1 atom stereocenters. The van der Waals surface area contributed by atoms with Gasteiger partial charge >= 0.3 is 0 Å². The zero-order valence-corrected chi connectivity index (χ0v) is 12.3. The Labute approximate surface area is 117 Å². The van der Waals surface area contributed by atoms with Crippen LogP contribution >= 0.6 is 11.6 Å². The van der Waals surface area contributed by atoms with E-state index in [1.165, 1.54) is 0 Å². The topological polar surface area (TPSA) is 52.8 Å². The van der Waals surface area contributed by atoms with Crippen molar-refractivity contribution >= 4 is 11.6 Å². The second kappa shape index (κ2) is 5.67. The minimum absolute atomic E-state index is 0.195. The minimum Gasteiger partial charge on any atom is -0.374 e. The van der Waals surface area contributed by atoms with Gasteiger partial charge in [-0.1, -0.05) is 11.6 Å². The summed E-state index contributed by atoms with van der Waals surface area (Å²) in [7, 11) is 1.62. The quantitative estimate of drug-likeness (QED) is 0.808. The van der Waals surface area contributed by atoms with Gasteiger partial charge in [-0.25, -0.2) is 9.97 Å². The summed E-state index contributed by atoms with van der Waals surface area (Å²) in [5, 5.41) is 4.82. The van der Waals surface area contributed by atoms with Crippen LogP contribution in [0.2, 0.25) is 5.15 Å². The van der Waals surface area contributed by atoms with Gasteiger partial charge in [-0.3, -0.25) is 4.68 Å². The van der Waals surface area contributed by atoms with Crippen molar-refractivity contribution in [2.75, 3.05) is 7.11 Å². The fourth-order valence-electron chi connectivity index (χ4n) is 1.79. The fourth-order valence-corrected chi connectivity index (χ4v) is 1.98. The molecule has 0 saturated carbocycles. The Hall–Kier alpha value is -1.46. The number of ether oxygens (including phenoxy) is 1. The highest BCUT2D eigenvalue weighted by molar-refractivity contribution is 6.29. The van der Waals surface area contributed by atoms with Crippen LogP contribution in [-0.4, -0.2) is 26.9 Å². The number of aromatic nitrogens is 4. The van der Waals surface area contributed by atoms with Gasteiger partial charge in [0.25, 0.3) is 0 Å². The molecule has 2 rings (SSSR count). The molecular formula is C13H17ClN4O. The van der Waals surface area contributed by atoms with Crippen molar-refractivity contribution < 1.29 is 4.74 Å². The maximum Gasteiger partial charge on any atom is 0.159 e. The highest BCUT2D eigenvalue weighted by Crippen LogP contribution is 2.25. The summed E-state index contributed by atoms with van der Waals surface area (Å²) < 4.78 is 7.11. The summed E-state index contributed by atoms with van der Waals surface area (Å²) in [6, 6.07) is 1.75. The van der Waals surface area contributed by atoms with Gasteiger partial charge in [0.1, 0.15) is 11.3 Å². The molecule has 0 aliphatic heterocycles. The second-order valence-corrected chi connectivity index (χ2v) is 4.68. The predicted molar refractivity (Wildman–Crippen MR) is 74.1 cm³/mol. The monoisotopic (exact) mass is 280 g/mol. The Balaban J connectivity index is 2.49. The largest absolute Gasteiger partial charge is 0.374 e. The molecule has 0 unspecified atom stereocenters. The van der Waals surface area contributed by atoms with Crippen molar-refractivity contribution in [2.24, 2.45) is 0 Å². The fraction of sp³-hybridized carbons (Fsp3) is 0.462. The van der Waals surface area contributed by atoms with Crippen LogP contribution in [0.5, 0.6) is 0 Å². The first-order valence-corrected chi connectivity index (χ1v) is 6.54. The van der Waals surface area contributed by atoms with Gasteiger partial charge in [0.05, 0.1) is 11.4 Å². The number of rotatable bonds is 4. The first-order valence-electron chi connectivity index (χ1n) is 6.16. The van der Waals surface area contributed by atoms with Gasteiger partial charge in [-0.2, -0.15) is 5.10 Å². The van der Waals surface area contributed by atoms with Crippen LogP contribution in [0.15, 0.2) is 12.3 Å². The molecule has 19 heavy (non-hydrogen) atoms. The van der Waals surface area contributed by atoms with Gasteiger partial charge in [0, 0.05) is 31.5 Å². The number of halogens is 1. The highest BCUT2D eigenvalue weighted by Gasteiger charge is 2.14. The minimum atomic E-state index is -0.195. The molecular weight excluding hydrogens is 264 g/mol. The van der Waals surface area contributed by atoms with Crippen LogP contribution in [0.1, 0.15) is 31.5 Å². The Morgan fingerprint density at radius 2 is 2.16 bits per heavy atom. The van der Waals surface area contributed by atoms with E-state index in [1.807, 2.05) is 31.6 Å². The van der Waals surface area contributed by atoms with E-state index in [1.54, 1.807) is 13.2 Å². The summed E-state index contributed by atoms with van der Waals surface area (Å²) in [4.78, 5) is 8.70. The molecule has 2 aromatic rings. The third-order valence-corrected chi connectivity index (χ3v) is 3.17. The number of methoxy groups -OCH3 is 1. The van der Waals surface area contributed by atoms with E-state index >= 15 is 0 Å². The Morgan fingerprint density at radius 1 is 1.42 bits per heavy atom. The highest BCUT2D eigenvalue weighted by atomic mass is 35.5. The normalized spacial score (nSPS) is 12.7. The van der Waals surface area contributed by atoms with Gasteiger partial charge in [0.2, 0.25) is 0 Å². The molecule has 0 aromatic carbocycles. The molecule has 0 N–H and O–H groups in total. The molecule has 0 saturated heterocycles. The third kappa shape index (κ3) is 2.93. The lowest BCUT2D eigenvalue weighted by Gasteiger charge is -2.09. The van der Waals surface area contributed by atoms with Crippen LogP contribution in [0.25, 0.3) is 11.3 Å². The van der Waals surface area contributed by atoms with E-state index in [-0.39, 0.29) is 6.10 Å². The smallest absolute Gasteiger partial charge is 0.159 e. The molecule has 0 bridgehead atoms. The Bertz CT molecular complexity index is 582. The Morgan fingerprint density at radius 3 is 2.74 bits per heavy atom. The lowest BCUT2D eigenvalue weighted by atomic mass is 10.2. The van der Waals surface area contributed by atoms with Gasteiger partial charge in [-0.15, -0.1) is 0 Å². The van der Waals surface area contributed by atoms with Crippen LogP contribution < -0.4 is 0 Å². The van der Waals surface area contributed by atoms with Crippen molar-refractivity contribution in [1.29, 1.82) is 0 Å². The van der Waals surface area contributed by atoms with Crippen molar-refractivity contribution in [2.45, 2.75) is 33.4 Å². The molecule has 2 heterocycles. The first kappa shape index (κ1) is 14.0. The van der Waals surface area contributed by atoms with E-state index in [9.17, 15) is 0 Å². The molecule has 6 heteroatoms. The van der Waals surface area contributed by atoms with E-state index in [0.29, 0.717) is 11.0 Å². The Kier molecular flexibility index (Phi) is 4.17. The maximum absolute atomic E-state index is 6.06. The molecule has 0 radical (unpaired) electrons. The van der Waals surface area contributed by atoms with Gasteiger partial charge in [-0.05, 0) is 20.8 Å². The van der Waals surface area contributed by atoms with Crippen molar-refractivity contribution in [1.82, 2.24) is 19.7 Å². The van der Waals surface area contributed by atoms with Crippen molar-refractivity contribution in [3.8, 4) is 11.3 Å². The second-order valence-electron chi connectivity index (χ2n) is 4.30. The molecule has 2 aromatic heterocycles. The predicted octanol–water partition coefficient (Wildman–Crippen LogP) is 3.03. The number of nitrogens with zero attached hydrogens (tertiary/aromatic N) is 4. The standard InChI is InChI=1S/C13H17ClN4O/c1-5-18-7-10(8(2)17-18)11-6-12(14)16-13(15-11)9(3)19-4/h6-7,9H,5H2,1-4H3/t9-/m1/s1. The lowest BCUT2D eigenvalue weighted by molar-refractivity contribution is 0.112. The number of hydrogen-bond acceptors (Lipinski definition) is 4. The zero-order chi connectivity index (χ0) is 14.0. The molecule has 0 aliphatic carbocycles. The molecule has 5 nitrogen and oxygen atoms in total. The van der Waals surface area contributed by atoms with Gasteiger partial charge < -0.3 is 4.74 Å². The summed E-state index contributed by atoms with van der Waals surface area (Å²) in [6.07, 6.45) is 1.77. The van der Waals surface area contributed by atoms with Crippen LogP contribution in [0.4, 0.5) is 0 Å². The van der Waals surface area contributed by atoms with E-state index in [2.05, 4.69) is 15.1 Å². The van der Waals surface area contributed by atoms with Crippen LogP contribution in [-0.2, 0) is 11.3 Å². The summed E-state index contributed by atoms with van der Waals surface area (Å²) >= 11 is 6.06. The summed E-state index contributed by atoms with van der Waals surface area (Å²) in [5.74, 6) is 0.577. The van der Waals surface area contributed by atoms with E-state index in [0.717, 1.165) is 23.5 Å². The number of aryl methyl sites for hydroxylation is 2. The van der Waals surface area contributed by atoms with Gasteiger partial charge in [0.15, 0.2) is 5.82 Å². The first-order chi connectivity index (χ1) is 9.05. The molecule has 0 amide bonds. The SMILES string of the molecule is CCn1cc(-c2cc(Cl)nc([C@@H](C)OC)n2)c(C)n1. The summed E-state index contributed by atoms with van der Waals surface area (Å²) in [6.45, 7) is 6.71. The molecule has 0 spiro atoms. The van der Waals surface area contributed by atoms with E-state index < -0.39 is 0 Å². The molecule has 0 fully saturated rings. The zero-order valence-electron chi connectivity index (χ0n) is 11.5. The average molecular weight is 281 g/mol. The van der Waals surface area contributed by atoms with Crippen molar-refractivity contribution in [3.05, 3.63) is 28.9 Å². The molecule has 0 aliphatic rings. The summed E-state index contributed by atoms with van der Waals surface area (Å²) in [5.41, 5.74) is 2.67. The number of hydrogen-bond donors (Lipinski definition) is 0. The van der Waals surface area contributed by atoms with E-state index in [4.69, 9.17) is 16.3 Å². The molecule has 102 valence electrons. The maximum atomic E-state index is 6.06. The van der Waals surface area contributed by atoms with Crippen LogP contribution in [0.3, 0.4) is 0 Å². The lowest BCUT2D eigenvalue weighted by Crippen LogP contribution is -2.04. The van der Waals surface area contributed by atoms with Crippen LogP contribution in [0, 0.1) is 6.92 Å². The average Bonchev–Trinajstić information content (AvgIpc) is 2.78. The van der Waals surface area contributed by atoms with Crippen molar-refractivity contribution in [3.63, 3.8) is 0 Å². The third-order valence-electron chi connectivity index (χ3n) is 2.98.